The van der Waals surface area contributed by atoms with E-state index in [-0.39, 0.29) is 33.7 Å². The predicted octanol–water partition coefficient (Wildman–Crippen LogP) is 2.59. The van der Waals surface area contributed by atoms with E-state index in [0.29, 0.717) is 10.4 Å². The molecule has 2 aromatic heterocycles. The fourth-order valence-electron chi connectivity index (χ4n) is 2.60. The van der Waals surface area contributed by atoms with Crippen molar-refractivity contribution >= 4 is 45.1 Å². The molecule has 1 fully saturated rings. The Balaban J connectivity index is 1.75. The summed E-state index contributed by atoms with van der Waals surface area (Å²) in [6, 6.07) is 1.56. The quantitative estimate of drug-likeness (QED) is 0.380. The van der Waals surface area contributed by atoms with Crippen molar-refractivity contribution < 1.29 is 4.74 Å². The number of hydrogen-bond donors (Lipinski definition) is 3. The van der Waals surface area contributed by atoms with Gasteiger partial charge in [-0.05, 0) is 35.7 Å². The normalized spacial score (nSPS) is 16.4. The second-order valence-electron chi connectivity index (χ2n) is 6.47. The monoisotopic (exact) mass is 439 g/mol. The molecule has 0 spiro atoms. The second kappa shape index (κ2) is 7.34. The lowest BCUT2D eigenvalue weighted by Crippen LogP contribution is -2.48. The van der Waals surface area contributed by atoms with Gasteiger partial charge in [-0.3, -0.25) is 5.41 Å². The highest BCUT2D eigenvalue weighted by atomic mass is 79.9. The van der Waals surface area contributed by atoms with E-state index in [1.807, 2.05) is 0 Å². The number of rotatable bonds is 3. The summed E-state index contributed by atoms with van der Waals surface area (Å²) >= 11 is 9.26. The van der Waals surface area contributed by atoms with E-state index in [2.05, 4.69) is 42.7 Å². The van der Waals surface area contributed by atoms with Gasteiger partial charge in [-0.25, -0.2) is 15.0 Å². The summed E-state index contributed by atoms with van der Waals surface area (Å²) in [5.74, 6) is 0.828. The summed E-state index contributed by atoms with van der Waals surface area (Å²) in [5.41, 5.74) is 12.2. The van der Waals surface area contributed by atoms with Crippen LogP contribution in [0.2, 0.25) is 5.02 Å². The molecule has 1 aliphatic heterocycles. The fraction of sp³-hybridized carbons (Fsp3) is 0.375. The Kier molecular flexibility index (Phi) is 5.31. The lowest BCUT2D eigenvalue weighted by Gasteiger charge is -2.37. The number of ether oxygens (including phenoxy) is 1. The Morgan fingerprint density at radius 3 is 2.69 bits per heavy atom. The van der Waals surface area contributed by atoms with Crippen molar-refractivity contribution in [2.45, 2.75) is 25.3 Å². The third-order valence-corrected chi connectivity index (χ3v) is 4.95. The van der Waals surface area contributed by atoms with E-state index < -0.39 is 0 Å². The summed E-state index contributed by atoms with van der Waals surface area (Å²) in [6.45, 7) is 3.62. The molecule has 138 valence electrons. The maximum absolute atomic E-state index is 8.11. The maximum atomic E-state index is 8.11. The van der Waals surface area contributed by atoms with E-state index in [9.17, 15) is 0 Å². The van der Waals surface area contributed by atoms with Gasteiger partial charge in [-0.1, -0.05) is 11.6 Å². The van der Waals surface area contributed by atoms with Gasteiger partial charge in [0, 0.05) is 24.7 Å². The summed E-state index contributed by atoms with van der Waals surface area (Å²) in [6.07, 6.45) is 4.75. The standard InChI is InChI=1S/C16H19BrClN7O/c1-16(21)2-4-25(5-3-16)12-8-23-13(14(19)24-12)15(20)26-10-6-11(17)22-7-9(10)18/h6-8,20H,2-5,21H2,1H3,(H2,19,24). The summed E-state index contributed by atoms with van der Waals surface area (Å²) in [5, 5.41) is 8.39. The van der Waals surface area contributed by atoms with E-state index in [1.54, 1.807) is 12.3 Å². The number of anilines is 2. The average Bonchev–Trinajstić information content (AvgIpc) is 2.58. The molecule has 0 aliphatic carbocycles. The predicted molar refractivity (Wildman–Crippen MR) is 105 cm³/mol. The van der Waals surface area contributed by atoms with Gasteiger partial charge in [0.05, 0.1) is 12.4 Å². The number of pyridine rings is 1. The van der Waals surface area contributed by atoms with Gasteiger partial charge in [0.25, 0.3) is 0 Å². The van der Waals surface area contributed by atoms with Crippen molar-refractivity contribution in [1.82, 2.24) is 15.0 Å². The first-order valence-corrected chi connectivity index (χ1v) is 9.16. The third-order valence-electron chi connectivity index (χ3n) is 4.23. The van der Waals surface area contributed by atoms with Gasteiger partial charge in [0.2, 0.25) is 5.90 Å². The highest BCUT2D eigenvalue weighted by Gasteiger charge is 2.27. The maximum Gasteiger partial charge on any atom is 0.241 e. The molecular formula is C16H19BrClN7O. The summed E-state index contributed by atoms with van der Waals surface area (Å²) < 4.78 is 6.01. The number of aromatic nitrogens is 3. The molecule has 0 bridgehead atoms. The minimum atomic E-state index is -0.241. The number of nitrogens with one attached hydrogen (secondary N) is 1. The smallest absolute Gasteiger partial charge is 0.241 e. The molecule has 5 N–H and O–H groups in total. The Bertz CT molecular complexity index is 835. The highest BCUT2D eigenvalue weighted by molar-refractivity contribution is 9.10. The number of halogens is 2. The van der Waals surface area contributed by atoms with Crippen LogP contribution in [0.3, 0.4) is 0 Å². The van der Waals surface area contributed by atoms with Crippen LogP contribution in [0.15, 0.2) is 23.1 Å². The molecule has 1 saturated heterocycles. The molecule has 0 amide bonds. The zero-order valence-corrected chi connectivity index (χ0v) is 16.5. The van der Waals surface area contributed by atoms with Gasteiger partial charge in [-0.2, -0.15) is 0 Å². The van der Waals surface area contributed by atoms with E-state index >= 15 is 0 Å². The first-order valence-electron chi connectivity index (χ1n) is 7.99. The summed E-state index contributed by atoms with van der Waals surface area (Å²) in [7, 11) is 0. The van der Waals surface area contributed by atoms with E-state index in [1.165, 1.54) is 6.20 Å². The van der Waals surface area contributed by atoms with Crippen LogP contribution in [0.5, 0.6) is 5.75 Å². The number of nitrogens with two attached hydrogens (primary N) is 2. The molecule has 8 nitrogen and oxygen atoms in total. The Labute approximate surface area is 164 Å². The molecule has 1 aliphatic rings. The lowest BCUT2D eigenvalue weighted by atomic mass is 9.91. The topological polar surface area (TPSA) is 127 Å². The van der Waals surface area contributed by atoms with Crippen LogP contribution in [0.4, 0.5) is 11.6 Å². The molecule has 3 rings (SSSR count). The number of hydrogen-bond acceptors (Lipinski definition) is 8. The van der Waals surface area contributed by atoms with Crippen molar-refractivity contribution in [1.29, 1.82) is 5.41 Å². The second-order valence-corrected chi connectivity index (χ2v) is 7.69. The molecular weight excluding hydrogens is 422 g/mol. The molecule has 0 aromatic carbocycles. The van der Waals surface area contributed by atoms with Crippen LogP contribution in [-0.2, 0) is 0 Å². The highest BCUT2D eigenvalue weighted by Crippen LogP contribution is 2.28. The van der Waals surface area contributed by atoms with Crippen molar-refractivity contribution in [2.24, 2.45) is 5.73 Å². The van der Waals surface area contributed by atoms with Gasteiger partial charge >= 0.3 is 0 Å². The van der Waals surface area contributed by atoms with Crippen molar-refractivity contribution in [3.63, 3.8) is 0 Å². The molecule has 26 heavy (non-hydrogen) atoms. The van der Waals surface area contributed by atoms with Crippen LogP contribution in [0.1, 0.15) is 25.5 Å². The van der Waals surface area contributed by atoms with Gasteiger partial charge in [0.15, 0.2) is 17.3 Å². The molecule has 0 unspecified atom stereocenters. The molecule has 3 heterocycles. The zero-order chi connectivity index (χ0) is 18.9. The Hall–Kier alpha value is -1.97. The first-order chi connectivity index (χ1) is 12.2. The Morgan fingerprint density at radius 2 is 2.04 bits per heavy atom. The fourth-order valence-corrected chi connectivity index (χ4v) is 3.05. The lowest BCUT2D eigenvalue weighted by molar-refractivity contribution is 0.363. The number of nitrogen functional groups attached to an aromatic ring is 1. The zero-order valence-electron chi connectivity index (χ0n) is 14.2. The number of nitrogens with zero attached hydrogens (tertiary/aromatic N) is 4. The van der Waals surface area contributed by atoms with Crippen LogP contribution in [0, 0.1) is 5.41 Å². The number of piperidine rings is 1. The minimum Gasteiger partial charge on any atom is -0.436 e. The average molecular weight is 441 g/mol. The van der Waals surface area contributed by atoms with Crippen molar-refractivity contribution in [3.05, 3.63) is 33.8 Å². The van der Waals surface area contributed by atoms with Crippen LogP contribution < -0.4 is 21.1 Å². The summed E-state index contributed by atoms with van der Waals surface area (Å²) in [4.78, 5) is 14.7. The molecule has 0 saturated carbocycles. The molecule has 0 radical (unpaired) electrons. The van der Waals surface area contributed by atoms with Crippen LogP contribution in [-0.4, -0.2) is 39.5 Å². The van der Waals surface area contributed by atoms with Gasteiger partial charge < -0.3 is 21.1 Å². The van der Waals surface area contributed by atoms with E-state index in [0.717, 1.165) is 25.9 Å². The van der Waals surface area contributed by atoms with Crippen molar-refractivity contribution in [3.8, 4) is 5.75 Å². The first kappa shape index (κ1) is 18.8. The van der Waals surface area contributed by atoms with Gasteiger partial charge in [-0.15, -0.1) is 0 Å². The molecule has 10 heteroatoms. The van der Waals surface area contributed by atoms with Crippen molar-refractivity contribution in [2.75, 3.05) is 23.7 Å². The third kappa shape index (κ3) is 4.22. The molecule has 2 aromatic rings. The molecule has 0 atom stereocenters. The van der Waals surface area contributed by atoms with Gasteiger partial charge in [0.1, 0.15) is 15.4 Å². The largest absolute Gasteiger partial charge is 0.436 e. The minimum absolute atomic E-state index is 0.123. The SMILES string of the molecule is CC1(N)CCN(c2cnc(C(=N)Oc3cc(Br)ncc3Cl)c(N)n2)CC1. The van der Waals surface area contributed by atoms with Crippen LogP contribution >= 0.6 is 27.5 Å². The van der Waals surface area contributed by atoms with Crippen LogP contribution in [0.25, 0.3) is 0 Å². The van der Waals surface area contributed by atoms with E-state index in [4.69, 9.17) is 33.2 Å². The Morgan fingerprint density at radius 1 is 1.35 bits per heavy atom.